The standard InChI is InChI=1S/C19H20Cl2N6O3/c1-30-10-15(28)26-7-3-4-11(8-26)17-22-18-16(19(29)23-17)24-25-27(18)9-12-13(20)5-2-6-14(12)21/h2,5-6,11H,3-4,7-10H2,1H3,(H,22,23,29)/t11-/m1/s1. The number of aromatic amines is 1. The first-order valence-corrected chi connectivity index (χ1v) is 10.3. The number of carbonyl (C=O) groups excluding carboxylic acids is 1. The van der Waals surface area contributed by atoms with Crippen molar-refractivity contribution in [3.8, 4) is 0 Å². The van der Waals surface area contributed by atoms with E-state index in [-0.39, 0.29) is 36.1 Å². The molecule has 3 heterocycles. The molecule has 0 bridgehead atoms. The van der Waals surface area contributed by atoms with Crippen molar-refractivity contribution >= 4 is 40.3 Å². The average molecular weight is 451 g/mol. The van der Waals surface area contributed by atoms with Crippen LogP contribution in [0, 0.1) is 0 Å². The van der Waals surface area contributed by atoms with E-state index >= 15 is 0 Å². The van der Waals surface area contributed by atoms with Gasteiger partial charge in [-0.1, -0.05) is 34.5 Å². The van der Waals surface area contributed by atoms with Gasteiger partial charge in [0, 0.05) is 41.7 Å². The summed E-state index contributed by atoms with van der Waals surface area (Å²) < 4.78 is 6.46. The lowest BCUT2D eigenvalue weighted by atomic mass is 9.97. The van der Waals surface area contributed by atoms with Crippen molar-refractivity contribution in [3.05, 3.63) is 50.0 Å². The van der Waals surface area contributed by atoms with Gasteiger partial charge in [0.1, 0.15) is 12.4 Å². The van der Waals surface area contributed by atoms with Crippen molar-refractivity contribution in [2.45, 2.75) is 25.3 Å². The number of aromatic nitrogens is 5. The Hall–Kier alpha value is -2.49. The van der Waals surface area contributed by atoms with Crippen LogP contribution >= 0.6 is 23.2 Å². The molecule has 1 aliphatic heterocycles. The summed E-state index contributed by atoms with van der Waals surface area (Å²) in [5.74, 6) is 0.339. The molecule has 0 aliphatic carbocycles. The quantitative estimate of drug-likeness (QED) is 0.638. The Kier molecular flexibility index (Phi) is 6.03. The lowest BCUT2D eigenvalue weighted by Crippen LogP contribution is -2.41. The van der Waals surface area contributed by atoms with E-state index in [0.717, 1.165) is 12.8 Å². The van der Waals surface area contributed by atoms with Gasteiger partial charge < -0.3 is 14.6 Å². The highest BCUT2D eigenvalue weighted by molar-refractivity contribution is 6.36. The van der Waals surface area contributed by atoms with E-state index in [0.29, 0.717) is 40.2 Å². The van der Waals surface area contributed by atoms with Crippen molar-refractivity contribution < 1.29 is 9.53 Å². The van der Waals surface area contributed by atoms with Gasteiger partial charge in [-0.15, -0.1) is 5.10 Å². The van der Waals surface area contributed by atoms with Crippen LogP contribution in [0.2, 0.25) is 10.0 Å². The highest BCUT2D eigenvalue weighted by atomic mass is 35.5. The molecule has 158 valence electrons. The number of likely N-dealkylation sites (tertiary alicyclic amines) is 1. The van der Waals surface area contributed by atoms with E-state index in [4.69, 9.17) is 27.9 Å². The van der Waals surface area contributed by atoms with Gasteiger partial charge in [-0.2, -0.15) is 0 Å². The molecule has 1 N–H and O–H groups in total. The van der Waals surface area contributed by atoms with Gasteiger partial charge in [0.05, 0.1) is 6.54 Å². The number of fused-ring (bicyclic) bond motifs is 1. The second-order valence-corrected chi connectivity index (χ2v) is 8.00. The molecule has 11 heteroatoms. The Bertz CT molecular complexity index is 1120. The Morgan fingerprint density at radius 1 is 1.33 bits per heavy atom. The number of benzene rings is 1. The highest BCUT2D eigenvalue weighted by Crippen LogP contribution is 2.27. The molecule has 9 nitrogen and oxygen atoms in total. The predicted octanol–water partition coefficient (Wildman–Crippen LogP) is 2.22. The first-order chi connectivity index (χ1) is 14.5. The topological polar surface area (TPSA) is 106 Å². The van der Waals surface area contributed by atoms with Crippen LogP contribution in [-0.2, 0) is 16.1 Å². The lowest BCUT2D eigenvalue weighted by Gasteiger charge is -2.32. The summed E-state index contributed by atoms with van der Waals surface area (Å²) in [6, 6.07) is 5.23. The number of halogens is 2. The normalized spacial score (nSPS) is 16.9. The second kappa shape index (κ2) is 8.71. The van der Waals surface area contributed by atoms with Crippen LogP contribution in [0.4, 0.5) is 0 Å². The largest absolute Gasteiger partial charge is 0.375 e. The zero-order chi connectivity index (χ0) is 21.3. The number of hydrogen-bond donors (Lipinski definition) is 1. The summed E-state index contributed by atoms with van der Waals surface area (Å²) >= 11 is 12.5. The minimum Gasteiger partial charge on any atom is -0.375 e. The lowest BCUT2D eigenvalue weighted by molar-refractivity contribution is -0.136. The summed E-state index contributed by atoms with van der Waals surface area (Å²) in [5, 5.41) is 9.03. The predicted molar refractivity (Wildman–Crippen MR) is 112 cm³/mol. The third kappa shape index (κ3) is 4.05. The molecule has 1 aliphatic rings. The van der Waals surface area contributed by atoms with Crippen molar-refractivity contribution in [3.63, 3.8) is 0 Å². The average Bonchev–Trinajstić information content (AvgIpc) is 3.14. The van der Waals surface area contributed by atoms with E-state index in [1.54, 1.807) is 23.1 Å². The van der Waals surface area contributed by atoms with E-state index in [1.807, 2.05) is 0 Å². The third-order valence-electron chi connectivity index (χ3n) is 5.19. The van der Waals surface area contributed by atoms with Crippen molar-refractivity contribution in [1.29, 1.82) is 0 Å². The summed E-state index contributed by atoms with van der Waals surface area (Å²) in [4.78, 5) is 34.0. The Morgan fingerprint density at radius 3 is 2.83 bits per heavy atom. The van der Waals surface area contributed by atoms with Crippen molar-refractivity contribution in [2.24, 2.45) is 0 Å². The molecule has 0 saturated carbocycles. The monoisotopic (exact) mass is 450 g/mol. The van der Waals surface area contributed by atoms with Gasteiger partial charge in [0.2, 0.25) is 5.91 Å². The SMILES string of the molecule is COCC(=O)N1CCC[C@@H](c2nc3c(nnn3Cc3c(Cl)cccc3Cl)c(=O)[nH]2)C1. The van der Waals surface area contributed by atoms with Crippen LogP contribution in [0.5, 0.6) is 0 Å². The zero-order valence-corrected chi connectivity index (χ0v) is 17.8. The number of methoxy groups -OCH3 is 1. The second-order valence-electron chi connectivity index (χ2n) is 7.18. The Balaban J connectivity index is 1.67. The number of ether oxygens (including phenoxy) is 1. The first-order valence-electron chi connectivity index (χ1n) is 9.51. The fraction of sp³-hybridized carbons (Fsp3) is 0.421. The summed E-state index contributed by atoms with van der Waals surface area (Å²) in [5.41, 5.74) is 0.798. The van der Waals surface area contributed by atoms with Gasteiger partial charge in [-0.3, -0.25) is 9.59 Å². The molecule has 1 atom stereocenters. The number of rotatable bonds is 5. The van der Waals surface area contributed by atoms with Crippen molar-refractivity contribution in [1.82, 2.24) is 29.9 Å². The number of nitrogens with zero attached hydrogens (tertiary/aromatic N) is 5. The molecule has 0 spiro atoms. The number of amides is 1. The third-order valence-corrected chi connectivity index (χ3v) is 5.90. The smallest absolute Gasteiger partial charge is 0.281 e. The van der Waals surface area contributed by atoms with Gasteiger partial charge in [-0.25, -0.2) is 9.67 Å². The van der Waals surface area contributed by atoms with E-state index in [2.05, 4.69) is 20.3 Å². The fourth-order valence-electron chi connectivity index (χ4n) is 3.66. The maximum absolute atomic E-state index is 12.6. The molecule has 2 aromatic heterocycles. The van der Waals surface area contributed by atoms with Crippen LogP contribution < -0.4 is 5.56 Å². The number of H-pyrrole nitrogens is 1. The molecule has 1 aromatic carbocycles. The Morgan fingerprint density at radius 2 is 2.10 bits per heavy atom. The molecule has 0 unspecified atom stereocenters. The van der Waals surface area contributed by atoms with Crippen LogP contribution in [0.25, 0.3) is 11.2 Å². The molecular formula is C19H20Cl2N6O3. The summed E-state index contributed by atoms with van der Waals surface area (Å²) in [6.45, 7) is 1.39. The molecule has 1 saturated heterocycles. The van der Waals surface area contributed by atoms with E-state index in [1.165, 1.54) is 11.8 Å². The van der Waals surface area contributed by atoms with E-state index in [9.17, 15) is 9.59 Å². The van der Waals surface area contributed by atoms with Gasteiger partial charge in [0.25, 0.3) is 5.56 Å². The highest BCUT2D eigenvalue weighted by Gasteiger charge is 2.27. The minimum absolute atomic E-state index is 0.0327. The van der Waals surface area contributed by atoms with Gasteiger partial charge in [-0.05, 0) is 25.0 Å². The number of piperidine rings is 1. The molecular weight excluding hydrogens is 431 g/mol. The van der Waals surface area contributed by atoms with Crippen LogP contribution in [0.3, 0.4) is 0 Å². The fourth-order valence-corrected chi connectivity index (χ4v) is 4.17. The first kappa shape index (κ1) is 20.8. The minimum atomic E-state index is -0.369. The van der Waals surface area contributed by atoms with Gasteiger partial charge >= 0.3 is 0 Å². The van der Waals surface area contributed by atoms with Crippen LogP contribution in [-0.4, -0.2) is 62.6 Å². The molecule has 3 aromatic rings. The summed E-state index contributed by atoms with van der Waals surface area (Å²) in [7, 11) is 1.49. The number of nitrogens with one attached hydrogen (secondary N) is 1. The molecule has 1 fully saturated rings. The summed E-state index contributed by atoms with van der Waals surface area (Å²) in [6.07, 6.45) is 1.62. The maximum atomic E-state index is 12.6. The van der Waals surface area contributed by atoms with Crippen molar-refractivity contribution in [2.75, 3.05) is 26.8 Å². The zero-order valence-electron chi connectivity index (χ0n) is 16.3. The molecule has 4 rings (SSSR count). The van der Waals surface area contributed by atoms with Gasteiger partial charge in [0.15, 0.2) is 11.2 Å². The number of carbonyl (C=O) groups is 1. The number of hydrogen-bond acceptors (Lipinski definition) is 6. The maximum Gasteiger partial charge on any atom is 0.281 e. The van der Waals surface area contributed by atoms with E-state index < -0.39 is 0 Å². The van der Waals surface area contributed by atoms with Crippen LogP contribution in [0.15, 0.2) is 23.0 Å². The molecule has 0 radical (unpaired) electrons. The molecule has 1 amide bonds. The van der Waals surface area contributed by atoms with Crippen LogP contribution in [0.1, 0.15) is 30.1 Å². The Labute approximate surface area is 181 Å². The molecule has 30 heavy (non-hydrogen) atoms.